The van der Waals surface area contributed by atoms with Gasteiger partial charge in [0.2, 0.25) is 5.91 Å². The van der Waals surface area contributed by atoms with Gasteiger partial charge in [0.15, 0.2) is 11.5 Å². The molecule has 6 heteroatoms. The number of fused-ring (bicyclic) bond motifs is 1. The number of hydrogen-bond acceptors (Lipinski definition) is 4. The molecule has 1 aliphatic carbocycles. The number of amides is 2. The number of carbonyl (C=O) groups excluding carboxylic acids is 2. The van der Waals surface area contributed by atoms with Crippen LogP contribution in [0.2, 0.25) is 0 Å². The average molecular weight is 372 g/mol. The number of carbonyl (C=O) groups is 2. The Kier molecular flexibility index (Phi) is 5.50. The zero-order chi connectivity index (χ0) is 18.6. The summed E-state index contributed by atoms with van der Waals surface area (Å²) in [6, 6.07) is 5.56. The monoisotopic (exact) mass is 372 g/mol. The molecule has 1 saturated carbocycles. The summed E-state index contributed by atoms with van der Waals surface area (Å²) in [5, 5.41) is 3.22. The van der Waals surface area contributed by atoms with Crippen LogP contribution in [-0.4, -0.2) is 49.1 Å². The lowest BCUT2D eigenvalue weighted by Crippen LogP contribution is -2.48. The van der Waals surface area contributed by atoms with Gasteiger partial charge in [0.05, 0.1) is 0 Å². The van der Waals surface area contributed by atoms with Crippen molar-refractivity contribution in [3.05, 3.63) is 23.8 Å². The SMILES string of the molecule is O=C(NC1CCN(C(=O)c2ccc3c(c2)OCCO3)CC1)C1CCCCC1. The van der Waals surface area contributed by atoms with Crippen molar-refractivity contribution < 1.29 is 19.1 Å². The molecule has 0 bridgehead atoms. The van der Waals surface area contributed by atoms with E-state index in [1.165, 1.54) is 19.3 Å². The van der Waals surface area contributed by atoms with Crippen LogP contribution in [0.25, 0.3) is 0 Å². The lowest BCUT2D eigenvalue weighted by Gasteiger charge is -2.33. The quantitative estimate of drug-likeness (QED) is 0.886. The van der Waals surface area contributed by atoms with E-state index in [1.807, 2.05) is 4.90 Å². The normalized spacial score (nSPS) is 21.0. The zero-order valence-corrected chi connectivity index (χ0v) is 15.7. The van der Waals surface area contributed by atoms with Crippen molar-refractivity contribution in [2.45, 2.75) is 51.0 Å². The van der Waals surface area contributed by atoms with Crippen LogP contribution in [0.15, 0.2) is 18.2 Å². The van der Waals surface area contributed by atoms with E-state index in [-0.39, 0.29) is 23.8 Å². The first kappa shape index (κ1) is 18.1. The van der Waals surface area contributed by atoms with Gasteiger partial charge in [-0.3, -0.25) is 9.59 Å². The van der Waals surface area contributed by atoms with Gasteiger partial charge in [0.25, 0.3) is 5.91 Å². The third-order valence-corrected chi connectivity index (χ3v) is 5.89. The number of benzene rings is 1. The minimum Gasteiger partial charge on any atom is -0.486 e. The second-order valence-corrected chi connectivity index (χ2v) is 7.77. The molecule has 27 heavy (non-hydrogen) atoms. The van der Waals surface area contributed by atoms with Gasteiger partial charge in [-0.1, -0.05) is 19.3 Å². The minimum absolute atomic E-state index is 0.0176. The molecule has 2 amide bonds. The summed E-state index contributed by atoms with van der Waals surface area (Å²) >= 11 is 0. The second-order valence-electron chi connectivity index (χ2n) is 7.77. The Balaban J connectivity index is 1.29. The van der Waals surface area contributed by atoms with Crippen LogP contribution in [0, 0.1) is 5.92 Å². The molecule has 146 valence electrons. The van der Waals surface area contributed by atoms with Gasteiger partial charge in [0.1, 0.15) is 13.2 Å². The second kappa shape index (κ2) is 8.19. The summed E-state index contributed by atoms with van der Waals surface area (Å²) in [6.45, 7) is 2.39. The van der Waals surface area contributed by atoms with Gasteiger partial charge in [0, 0.05) is 30.6 Å². The molecule has 0 unspecified atom stereocenters. The van der Waals surface area contributed by atoms with Gasteiger partial charge < -0.3 is 19.7 Å². The summed E-state index contributed by atoms with van der Waals surface area (Å²) in [4.78, 5) is 27.1. The molecule has 0 spiro atoms. The molecule has 0 aromatic heterocycles. The van der Waals surface area contributed by atoms with Gasteiger partial charge >= 0.3 is 0 Å². The van der Waals surface area contributed by atoms with Crippen LogP contribution in [0.4, 0.5) is 0 Å². The number of hydrogen-bond donors (Lipinski definition) is 1. The maximum atomic E-state index is 12.8. The Morgan fingerprint density at radius 3 is 2.37 bits per heavy atom. The number of likely N-dealkylation sites (tertiary alicyclic amines) is 1. The Morgan fingerprint density at radius 1 is 0.926 bits per heavy atom. The molecule has 0 radical (unpaired) electrons. The summed E-state index contributed by atoms with van der Waals surface area (Å²) in [5.74, 6) is 1.76. The lowest BCUT2D eigenvalue weighted by atomic mass is 9.88. The third-order valence-electron chi connectivity index (χ3n) is 5.89. The van der Waals surface area contributed by atoms with E-state index in [0.29, 0.717) is 43.4 Å². The Morgan fingerprint density at radius 2 is 1.63 bits per heavy atom. The van der Waals surface area contributed by atoms with Crippen molar-refractivity contribution in [2.24, 2.45) is 5.92 Å². The van der Waals surface area contributed by atoms with Crippen LogP contribution in [0.3, 0.4) is 0 Å². The van der Waals surface area contributed by atoms with Crippen molar-refractivity contribution >= 4 is 11.8 Å². The predicted molar refractivity (Wildman–Crippen MR) is 101 cm³/mol. The van der Waals surface area contributed by atoms with Crippen LogP contribution < -0.4 is 14.8 Å². The molecule has 1 saturated heterocycles. The number of nitrogens with one attached hydrogen (secondary N) is 1. The van der Waals surface area contributed by atoms with Gasteiger partial charge in [-0.2, -0.15) is 0 Å². The first-order valence-corrected chi connectivity index (χ1v) is 10.2. The molecule has 2 aliphatic heterocycles. The molecular formula is C21H28N2O4. The van der Waals surface area contributed by atoms with Crippen molar-refractivity contribution in [3.8, 4) is 11.5 Å². The largest absolute Gasteiger partial charge is 0.486 e. The highest BCUT2D eigenvalue weighted by Gasteiger charge is 2.28. The van der Waals surface area contributed by atoms with Crippen molar-refractivity contribution in [3.63, 3.8) is 0 Å². The lowest BCUT2D eigenvalue weighted by molar-refractivity contribution is -0.126. The first-order chi connectivity index (χ1) is 13.2. The zero-order valence-electron chi connectivity index (χ0n) is 15.7. The van der Waals surface area contributed by atoms with Crippen LogP contribution in [0.5, 0.6) is 11.5 Å². The van der Waals surface area contributed by atoms with Crippen LogP contribution >= 0.6 is 0 Å². The standard InChI is InChI=1S/C21H28N2O4/c24-20(15-4-2-1-3-5-15)22-17-8-10-23(11-9-17)21(25)16-6-7-18-19(14-16)27-13-12-26-18/h6-7,14-15,17H,1-5,8-13H2,(H,22,24). The van der Waals surface area contributed by atoms with E-state index < -0.39 is 0 Å². The fraction of sp³-hybridized carbons (Fsp3) is 0.619. The Labute approximate surface area is 160 Å². The summed E-state index contributed by atoms with van der Waals surface area (Å²) in [5.41, 5.74) is 0.629. The van der Waals surface area contributed by atoms with E-state index in [0.717, 1.165) is 25.7 Å². The van der Waals surface area contributed by atoms with Crippen molar-refractivity contribution in [1.82, 2.24) is 10.2 Å². The highest BCUT2D eigenvalue weighted by atomic mass is 16.6. The highest BCUT2D eigenvalue weighted by molar-refractivity contribution is 5.95. The average Bonchev–Trinajstić information content (AvgIpc) is 2.74. The number of rotatable bonds is 3. The third kappa shape index (κ3) is 4.20. The molecule has 1 aromatic rings. The molecule has 0 atom stereocenters. The smallest absolute Gasteiger partial charge is 0.253 e. The van der Waals surface area contributed by atoms with Gasteiger partial charge in [-0.15, -0.1) is 0 Å². The topological polar surface area (TPSA) is 67.9 Å². The fourth-order valence-electron chi connectivity index (χ4n) is 4.27. The summed E-state index contributed by atoms with van der Waals surface area (Å²) in [6.07, 6.45) is 7.26. The molecule has 6 nitrogen and oxygen atoms in total. The van der Waals surface area contributed by atoms with Gasteiger partial charge in [-0.25, -0.2) is 0 Å². The van der Waals surface area contributed by atoms with Crippen molar-refractivity contribution in [1.29, 1.82) is 0 Å². The molecule has 2 fully saturated rings. The maximum Gasteiger partial charge on any atom is 0.253 e. The highest BCUT2D eigenvalue weighted by Crippen LogP contribution is 2.31. The maximum absolute atomic E-state index is 12.8. The molecule has 1 aromatic carbocycles. The molecular weight excluding hydrogens is 344 g/mol. The van der Waals surface area contributed by atoms with Crippen molar-refractivity contribution in [2.75, 3.05) is 26.3 Å². The van der Waals surface area contributed by atoms with E-state index in [4.69, 9.17) is 9.47 Å². The molecule has 4 rings (SSSR count). The number of ether oxygens (including phenoxy) is 2. The van der Waals surface area contributed by atoms with E-state index >= 15 is 0 Å². The van der Waals surface area contributed by atoms with Crippen LogP contribution in [0.1, 0.15) is 55.3 Å². The first-order valence-electron chi connectivity index (χ1n) is 10.2. The van der Waals surface area contributed by atoms with E-state index in [1.54, 1.807) is 18.2 Å². The molecule has 3 aliphatic rings. The van der Waals surface area contributed by atoms with E-state index in [9.17, 15) is 9.59 Å². The van der Waals surface area contributed by atoms with Crippen LogP contribution in [-0.2, 0) is 4.79 Å². The molecule has 2 heterocycles. The summed E-state index contributed by atoms with van der Waals surface area (Å²) < 4.78 is 11.1. The fourth-order valence-corrected chi connectivity index (χ4v) is 4.27. The minimum atomic E-state index is 0.0176. The predicted octanol–water partition coefficient (Wildman–Crippen LogP) is 2.76. The molecule has 1 N–H and O–H groups in total. The summed E-state index contributed by atoms with van der Waals surface area (Å²) in [7, 11) is 0. The number of piperidine rings is 1. The van der Waals surface area contributed by atoms with E-state index in [2.05, 4.69) is 5.32 Å². The Bertz CT molecular complexity index is 691. The Hall–Kier alpha value is -2.24. The van der Waals surface area contributed by atoms with Gasteiger partial charge in [-0.05, 0) is 43.9 Å². The number of nitrogens with zero attached hydrogens (tertiary/aromatic N) is 1.